The highest BCUT2D eigenvalue weighted by Gasteiger charge is 2.13. The zero-order valence-corrected chi connectivity index (χ0v) is 14.0. The monoisotopic (exact) mass is 340 g/mol. The molecule has 0 spiro atoms. The predicted octanol–water partition coefficient (Wildman–Crippen LogP) is 2.51. The second kappa shape index (κ2) is 9.22. The molecule has 0 aliphatic rings. The molecule has 6 nitrogen and oxygen atoms in total. The number of hydrogen-bond acceptors (Lipinski definition) is 4. The topological polar surface area (TPSA) is 84.5 Å². The summed E-state index contributed by atoms with van der Waals surface area (Å²) in [4.78, 5) is 35.3. The summed E-state index contributed by atoms with van der Waals surface area (Å²) in [5.74, 6) is -1.25. The Morgan fingerprint density at radius 2 is 1.64 bits per heavy atom. The SMILES string of the molecule is CCC(=O)OCC(=O)Nc1ccccc1C(=O)NCc1ccccc1. The highest BCUT2D eigenvalue weighted by molar-refractivity contribution is 6.04. The third-order valence-electron chi connectivity index (χ3n) is 3.39. The van der Waals surface area contributed by atoms with Gasteiger partial charge < -0.3 is 15.4 Å². The maximum atomic E-state index is 12.4. The van der Waals surface area contributed by atoms with Crippen molar-refractivity contribution in [2.45, 2.75) is 19.9 Å². The molecule has 2 aromatic rings. The Morgan fingerprint density at radius 3 is 2.36 bits per heavy atom. The van der Waals surface area contributed by atoms with Crippen molar-refractivity contribution in [3.8, 4) is 0 Å². The smallest absolute Gasteiger partial charge is 0.306 e. The summed E-state index contributed by atoms with van der Waals surface area (Å²) >= 11 is 0. The van der Waals surface area contributed by atoms with E-state index in [2.05, 4.69) is 10.6 Å². The summed E-state index contributed by atoms with van der Waals surface area (Å²) in [5.41, 5.74) is 1.68. The molecule has 0 atom stereocenters. The fourth-order valence-electron chi connectivity index (χ4n) is 2.10. The van der Waals surface area contributed by atoms with Gasteiger partial charge in [0, 0.05) is 13.0 Å². The van der Waals surface area contributed by atoms with Crippen LogP contribution in [-0.4, -0.2) is 24.4 Å². The Bertz CT molecular complexity index is 744. The van der Waals surface area contributed by atoms with E-state index in [9.17, 15) is 14.4 Å². The van der Waals surface area contributed by atoms with Gasteiger partial charge in [-0.15, -0.1) is 0 Å². The number of esters is 1. The number of ether oxygens (including phenoxy) is 1. The van der Waals surface area contributed by atoms with E-state index < -0.39 is 11.9 Å². The quantitative estimate of drug-likeness (QED) is 0.759. The number of carbonyl (C=O) groups excluding carboxylic acids is 3. The summed E-state index contributed by atoms with van der Waals surface area (Å²) in [6.45, 7) is 1.65. The molecule has 25 heavy (non-hydrogen) atoms. The third kappa shape index (κ3) is 5.76. The first-order valence-electron chi connectivity index (χ1n) is 7.96. The van der Waals surface area contributed by atoms with Crippen molar-refractivity contribution in [3.05, 3.63) is 65.7 Å². The second-order valence-electron chi connectivity index (χ2n) is 5.28. The van der Waals surface area contributed by atoms with Crippen LogP contribution < -0.4 is 10.6 Å². The second-order valence-corrected chi connectivity index (χ2v) is 5.28. The van der Waals surface area contributed by atoms with E-state index >= 15 is 0 Å². The van der Waals surface area contributed by atoms with Gasteiger partial charge in [0.15, 0.2) is 6.61 Å². The number of hydrogen-bond donors (Lipinski definition) is 2. The van der Waals surface area contributed by atoms with Gasteiger partial charge in [-0.05, 0) is 17.7 Å². The maximum absolute atomic E-state index is 12.4. The molecular weight excluding hydrogens is 320 g/mol. The van der Waals surface area contributed by atoms with E-state index in [0.717, 1.165) is 5.56 Å². The van der Waals surface area contributed by atoms with Crippen LogP contribution in [0.5, 0.6) is 0 Å². The molecule has 0 saturated carbocycles. The van der Waals surface area contributed by atoms with Crippen LogP contribution in [-0.2, 0) is 20.9 Å². The molecule has 6 heteroatoms. The van der Waals surface area contributed by atoms with E-state index in [1.807, 2.05) is 30.3 Å². The minimum atomic E-state index is -0.495. The van der Waals surface area contributed by atoms with Gasteiger partial charge in [0.2, 0.25) is 0 Å². The van der Waals surface area contributed by atoms with E-state index in [-0.39, 0.29) is 18.9 Å². The van der Waals surface area contributed by atoms with Crippen molar-refractivity contribution >= 4 is 23.5 Å². The highest BCUT2D eigenvalue weighted by atomic mass is 16.5. The first-order valence-corrected chi connectivity index (χ1v) is 7.96. The van der Waals surface area contributed by atoms with Gasteiger partial charge in [0.05, 0.1) is 11.3 Å². The minimum absolute atomic E-state index is 0.200. The normalized spacial score (nSPS) is 9.96. The lowest BCUT2D eigenvalue weighted by atomic mass is 10.1. The van der Waals surface area contributed by atoms with E-state index in [4.69, 9.17) is 4.74 Å². The zero-order valence-electron chi connectivity index (χ0n) is 14.0. The van der Waals surface area contributed by atoms with Gasteiger partial charge in [-0.2, -0.15) is 0 Å². The van der Waals surface area contributed by atoms with Crippen LogP contribution in [0, 0.1) is 0 Å². The Hall–Kier alpha value is -3.15. The number of carbonyl (C=O) groups is 3. The maximum Gasteiger partial charge on any atom is 0.306 e. The summed E-state index contributed by atoms with van der Waals surface area (Å²) in [6.07, 6.45) is 0.200. The van der Waals surface area contributed by atoms with Crippen molar-refractivity contribution in [2.24, 2.45) is 0 Å². The average molecular weight is 340 g/mol. The molecule has 0 aliphatic heterocycles. The molecule has 0 fully saturated rings. The molecule has 0 radical (unpaired) electrons. The Labute approximate surface area is 146 Å². The van der Waals surface area contributed by atoms with E-state index in [1.165, 1.54) is 0 Å². The summed E-state index contributed by atoms with van der Waals surface area (Å²) in [5, 5.41) is 5.40. The van der Waals surface area contributed by atoms with Crippen LogP contribution in [0.1, 0.15) is 29.3 Å². The Balaban J connectivity index is 1.98. The molecule has 0 bridgehead atoms. The summed E-state index contributed by atoms with van der Waals surface area (Å²) in [6, 6.07) is 16.2. The molecule has 2 N–H and O–H groups in total. The lowest BCUT2D eigenvalue weighted by Crippen LogP contribution is -2.26. The highest BCUT2D eigenvalue weighted by Crippen LogP contribution is 2.15. The fraction of sp³-hybridized carbons (Fsp3) is 0.211. The molecule has 0 aliphatic carbocycles. The van der Waals surface area contributed by atoms with Gasteiger partial charge in [-0.1, -0.05) is 49.4 Å². The molecule has 0 saturated heterocycles. The Kier molecular flexibility index (Phi) is 6.71. The van der Waals surface area contributed by atoms with Crippen LogP contribution in [0.2, 0.25) is 0 Å². The first-order chi connectivity index (χ1) is 12.1. The fourth-order valence-corrected chi connectivity index (χ4v) is 2.10. The first kappa shape index (κ1) is 18.2. The van der Waals surface area contributed by atoms with Gasteiger partial charge >= 0.3 is 5.97 Å². The summed E-state index contributed by atoms with van der Waals surface area (Å²) < 4.78 is 4.78. The molecule has 2 aromatic carbocycles. The van der Waals surface area contributed by atoms with Crippen molar-refractivity contribution in [2.75, 3.05) is 11.9 Å². The standard InChI is InChI=1S/C19H20N2O4/c1-2-18(23)25-13-17(22)21-16-11-7-6-10-15(16)19(24)20-12-14-8-4-3-5-9-14/h3-11H,2,12-13H2,1H3,(H,20,24)(H,21,22). The number of nitrogens with one attached hydrogen (secondary N) is 2. The van der Waals surface area contributed by atoms with Crippen molar-refractivity contribution in [3.63, 3.8) is 0 Å². The third-order valence-corrected chi connectivity index (χ3v) is 3.39. The van der Waals surface area contributed by atoms with E-state index in [0.29, 0.717) is 17.8 Å². The van der Waals surface area contributed by atoms with Crippen LogP contribution in [0.4, 0.5) is 5.69 Å². The number of para-hydroxylation sites is 1. The molecular formula is C19H20N2O4. The molecule has 2 amide bonds. The number of anilines is 1. The average Bonchev–Trinajstić information content (AvgIpc) is 2.65. The molecule has 0 heterocycles. The van der Waals surface area contributed by atoms with Crippen molar-refractivity contribution < 1.29 is 19.1 Å². The molecule has 0 aromatic heterocycles. The minimum Gasteiger partial charge on any atom is -0.456 e. The van der Waals surface area contributed by atoms with Crippen LogP contribution >= 0.6 is 0 Å². The van der Waals surface area contributed by atoms with Gasteiger partial charge in [0.1, 0.15) is 0 Å². The molecule has 0 unspecified atom stereocenters. The largest absolute Gasteiger partial charge is 0.456 e. The van der Waals surface area contributed by atoms with Gasteiger partial charge in [-0.25, -0.2) is 0 Å². The molecule has 130 valence electrons. The zero-order chi connectivity index (χ0) is 18.1. The summed E-state index contributed by atoms with van der Waals surface area (Å²) in [7, 11) is 0. The lowest BCUT2D eigenvalue weighted by Gasteiger charge is -2.11. The van der Waals surface area contributed by atoms with E-state index in [1.54, 1.807) is 31.2 Å². The van der Waals surface area contributed by atoms with Crippen molar-refractivity contribution in [1.29, 1.82) is 0 Å². The van der Waals surface area contributed by atoms with Crippen molar-refractivity contribution in [1.82, 2.24) is 5.32 Å². The number of benzene rings is 2. The van der Waals surface area contributed by atoms with Gasteiger partial charge in [0.25, 0.3) is 11.8 Å². The van der Waals surface area contributed by atoms with Crippen LogP contribution in [0.25, 0.3) is 0 Å². The molecule has 2 rings (SSSR count). The number of amides is 2. The van der Waals surface area contributed by atoms with Gasteiger partial charge in [-0.3, -0.25) is 14.4 Å². The predicted molar refractivity (Wildman–Crippen MR) is 93.9 cm³/mol. The lowest BCUT2D eigenvalue weighted by molar-refractivity contribution is -0.146. The van der Waals surface area contributed by atoms with Crippen LogP contribution in [0.15, 0.2) is 54.6 Å². The number of rotatable bonds is 7. The Morgan fingerprint density at radius 1 is 0.960 bits per heavy atom. The van der Waals surface area contributed by atoms with Crippen LogP contribution in [0.3, 0.4) is 0 Å².